The minimum atomic E-state index is 0.0960. The Morgan fingerprint density at radius 3 is 2.70 bits per heavy atom. The molecule has 3 N–H and O–H groups in total. The summed E-state index contributed by atoms with van der Waals surface area (Å²) in [6.07, 6.45) is 3.41. The molecule has 1 fully saturated rings. The Morgan fingerprint density at radius 1 is 1.20 bits per heavy atom. The summed E-state index contributed by atoms with van der Waals surface area (Å²) >= 11 is 0. The molecule has 1 saturated heterocycles. The van der Waals surface area contributed by atoms with Gasteiger partial charge in [0.2, 0.25) is 5.91 Å². The number of hydrogen-bond donors (Lipinski definition) is 2. The predicted octanol–water partition coefficient (Wildman–Crippen LogP) is -0.504. The zero-order chi connectivity index (χ0) is 14.6. The molecule has 0 aromatic rings. The minimum absolute atomic E-state index is 0.0960. The lowest BCUT2D eigenvalue weighted by Crippen LogP contribution is -2.40. The van der Waals surface area contributed by atoms with Crippen molar-refractivity contribution in [3.8, 4) is 0 Å². The summed E-state index contributed by atoms with van der Waals surface area (Å²) in [6.45, 7) is 7.73. The van der Waals surface area contributed by atoms with Crippen LogP contribution in [0.25, 0.3) is 0 Å². The molecule has 0 spiro atoms. The number of amides is 1. The van der Waals surface area contributed by atoms with E-state index in [1.54, 1.807) is 7.11 Å². The summed E-state index contributed by atoms with van der Waals surface area (Å²) in [4.78, 5) is 16.5. The highest BCUT2D eigenvalue weighted by Crippen LogP contribution is 2.04. The summed E-state index contributed by atoms with van der Waals surface area (Å²) < 4.78 is 4.92. The fraction of sp³-hybridized carbons (Fsp3) is 0.929. The molecule has 1 amide bonds. The first-order chi connectivity index (χ1) is 9.76. The second kappa shape index (κ2) is 11.0. The van der Waals surface area contributed by atoms with Gasteiger partial charge in [-0.3, -0.25) is 9.69 Å². The number of hydrogen-bond acceptors (Lipinski definition) is 5. The first-order valence-corrected chi connectivity index (χ1v) is 7.66. The molecular formula is C14H30N4O2. The van der Waals surface area contributed by atoms with Crippen LogP contribution in [-0.4, -0.2) is 81.8 Å². The zero-order valence-corrected chi connectivity index (χ0v) is 12.8. The van der Waals surface area contributed by atoms with Crippen molar-refractivity contribution in [2.24, 2.45) is 5.73 Å². The Bertz CT molecular complexity index is 264. The van der Waals surface area contributed by atoms with Crippen molar-refractivity contribution in [1.29, 1.82) is 0 Å². The highest BCUT2D eigenvalue weighted by Gasteiger charge is 2.16. The van der Waals surface area contributed by atoms with E-state index in [-0.39, 0.29) is 5.91 Å². The standard InChI is InChI=1S/C14H30N4O2/c1-20-12-6-16-14(19)13-18-9-4-8-17(10-11-18)7-3-2-5-15/h2-13,15H2,1H3,(H,16,19). The van der Waals surface area contributed by atoms with E-state index in [0.717, 1.165) is 52.1 Å². The van der Waals surface area contributed by atoms with Gasteiger partial charge in [-0.1, -0.05) is 0 Å². The molecule has 0 bridgehead atoms. The SMILES string of the molecule is COCCNC(=O)CN1CCCN(CCCCN)CC1. The molecule has 118 valence electrons. The van der Waals surface area contributed by atoms with Crippen LogP contribution in [0, 0.1) is 0 Å². The number of nitrogens with one attached hydrogen (secondary N) is 1. The molecule has 1 rings (SSSR count). The van der Waals surface area contributed by atoms with Crippen LogP contribution in [-0.2, 0) is 9.53 Å². The average Bonchev–Trinajstić information content (AvgIpc) is 2.65. The molecule has 6 heteroatoms. The lowest BCUT2D eigenvalue weighted by atomic mass is 10.3. The van der Waals surface area contributed by atoms with Gasteiger partial charge in [-0.05, 0) is 45.4 Å². The highest BCUT2D eigenvalue weighted by molar-refractivity contribution is 5.77. The molecule has 0 aliphatic carbocycles. The second-order valence-electron chi connectivity index (χ2n) is 5.31. The van der Waals surface area contributed by atoms with Crippen molar-refractivity contribution < 1.29 is 9.53 Å². The highest BCUT2D eigenvalue weighted by atomic mass is 16.5. The molecule has 1 aliphatic rings. The van der Waals surface area contributed by atoms with Gasteiger partial charge in [0.25, 0.3) is 0 Å². The largest absolute Gasteiger partial charge is 0.383 e. The number of carbonyl (C=O) groups is 1. The van der Waals surface area contributed by atoms with Gasteiger partial charge in [0.1, 0.15) is 0 Å². The van der Waals surface area contributed by atoms with Gasteiger partial charge in [-0.2, -0.15) is 0 Å². The molecule has 20 heavy (non-hydrogen) atoms. The Labute approximate surface area is 122 Å². The van der Waals surface area contributed by atoms with Crippen molar-refractivity contribution >= 4 is 5.91 Å². The molecule has 0 unspecified atom stereocenters. The van der Waals surface area contributed by atoms with Crippen LogP contribution in [0.2, 0.25) is 0 Å². The summed E-state index contributed by atoms with van der Waals surface area (Å²) in [5, 5.41) is 2.87. The van der Waals surface area contributed by atoms with E-state index in [2.05, 4.69) is 15.1 Å². The Balaban J connectivity index is 2.17. The first-order valence-electron chi connectivity index (χ1n) is 7.66. The maximum Gasteiger partial charge on any atom is 0.234 e. The molecule has 6 nitrogen and oxygen atoms in total. The van der Waals surface area contributed by atoms with Gasteiger partial charge in [-0.25, -0.2) is 0 Å². The second-order valence-corrected chi connectivity index (χ2v) is 5.31. The molecule has 0 radical (unpaired) electrons. The Kier molecular flexibility index (Phi) is 9.57. The normalized spacial score (nSPS) is 17.9. The molecule has 1 aliphatic heterocycles. The fourth-order valence-electron chi connectivity index (χ4n) is 2.44. The Hall–Kier alpha value is -0.690. The smallest absolute Gasteiger partial charge is 0.234 e. The third-order valence-corrected chi connectivity index (χ3v) is 3.61. The first kappa shape index (κ1) is 17.4. The van der Waals surface area contributed by atoms with E-state index in [1.165, 1.54) is 6.42 Å². The van der Waals surface area contributed by atoms with E-state index in [9.17, 15) is 4.79 Å². The maximum absolute atomic E-state index is 11.8. The monoisotopic (exact) mass is 286 g/mol. The summed E-state index contributed by atoms with van der Waals surface area (Å²) in [6, 6.07) is 0. The van der Waals surface area contributed by atoms with Gasteiger partial charge in [-0.15, -0.1) is 0 Å². The summed E-state index contributed by atoms with van der Waals surface area (Å²) in [7, 11) is 1.64. The topological polar surface area (TPSA) is 70.8 Å². The van der Waals surface area contributed by atoms with Crippen molar-refractivity contribution in [2.45, 2.75) is 19.3 Å². The van der Waals surface area contributed by atoms with Crippen LogP contribution in [0.15, 0.2) is 0 Å². The Morgan fingerprint density at radius 2 is 1.95 bits per heavy atom. The van der Waals surface area contributed by atoms with E-state index in [1.807, 2.05) is 0 Å². The number of ether oxygens (including phenoxy) is 1. The zero-order valence-electron chi connectivity index (χ0n) is 12.8. The van der Waals surface area contributed by atoms with Gasteiger partial charge < -0.3 is 20.7 Å². The molecular weight excluding hydrogens is 256 g/mol. The van der Waals surface area contributed by atoms with E-state index in [0.29, 0.717) is 19.7 Å². The number of methoxy groups -OCH3 is 1. The lowest BCUT2D eigenvalue weighted by Gasteiger charge is -2.21. The van der Waals surface area contributed by atoms with Gasteiger partial charge >= 0.3 is 0 Å². The third-order valence-electron chi connectivity index (χ3n) is 3.61. The van der Waals surface area contributed by atoms with Crippen LogP contribution in [0.3, 0.4) is 0 Å². The number of unbranched alkanes of at least 4 members (excludes halogenated alkanes) is 1. The maximum atomic E-state index is 11.8. The van der Waals surface area contributed by atoms with Crippen molar-refractivity contribution in [2.75, 3.05) is 66.1 Å². The van der Waals surface area contributed by atoms with Crippen LogP contribution in [0.5, 0.6) is 0 Å². The van der Waals surface area contributed by atoms with Gasteiger partial charge in [0.05, 0.1) is 13.2 Å². The predicted molar refractivity (Wildman–Crippen MR) is 80.7 cm³/mol. The van der Waals surface area contributed by atoms with Crippen LogP contribution in [0.1, 0.15) is 19.3 Å². The number of carbonyl (C=O) groups excluding carboxylic acids is 1. The lowest BCUT2D eigenvalue weighted by molar-refractivity contribution is -0.122. The number of nitrogens with zero attached hydrogens (tertiary/aromatic N) is 2. The molecule has 1 heterocycles. The van der Waals surface area contributed by atoms with Crippen molar-refractivity contribution in [3.05, 3.63) is 0 Å². The summed E-state index contributed by atoms with van der Waals surface area (Å²) in [5.74, 6) is 0.0960. The third kappa shape index (κ3) is 7.79. The molecule has 0 atom stereocenters. The van der Waals surface area contributed by atoms with Crippen LogP contribution >= 0.6 is 0 Å². The van der Waals surface area contributed by atoms with E-state index in [4.69, 9.17) is 10.5 Å². The molecule has 0 aromatic carbocycles. The van der Waals surface area contributed by atoms with Crippen molar-refractivity contribution in [3.63, 3.8) is 0 Å². The van der Waals surface area contributed by atoms with Gasteiger partial charge in [0.15, 0.2) is 0 Å². The van der Waals surface area contributed by atoms with Gasteiger partial charge in [0, 0.05) is 26.7 Å². The van der Waals surface area contributed by atoms with E-state index >= 15 is 0 Å². The van der Waals surface area contributed by atoms with E-state index < -0.39 is 0 Å². The molecule has 0 aromatic heterocycles. The van der Waals surface area contributed by atoms with Crippen molar-refractivity contribution in [1.82, 2.24) is 15.1 Å². The number of nitrogens with two attached hydrogens (primary N) is 1. The minimum Gasteiger partial charge on any atom is -0.383 e. The van der Waals surface area contributed by atoms with Crippen LogP contribution < -0.4 is 11.1 Å². The summed E-state index contributed by atoms with van der Waals surface area (Å²) in [5.41, 5.74) is 5.52. The number of rotatable bonds is 9. The fourth-order valence-corrected chi connectivity index (χ4v) is 2.44. The quantitative estimate of drug-likeness (QED) is 0.559. The molecule has 0 saturated carbocycles. The van der Waals surface area contributed by atoms with Crippen LogP contribution in [0.4, 0.5) is 0 Å². The average molecular weight is 286 g/mol.